The summed E-state index contributed by atoms with van der Waals surface area (Å²) in [4.78, 5) is 12.6. The highest BCUT2D eigenvalue weighted by Gasteiger charge is 2.61. The number of Topliss-reactive ketones (excluding diaryl/α,β-unsaturated/α-hetero) is 1. The van der Waals surface area contributed by atoms with E-state index in [-0.39, 0.29) is 5.41 Å². The molecule has 5 fully saturated rings. The number of allylic oxidation sites excluding steroid dienone is 1. The predicted molar refractivity (Wildman–Crippen MR) is 114 cm³/mol. The Morgan fingerprint density at radius 1 is 1.07 bits per heavy atom. The second-order valence-electron chi connectivity index (χ2n) is 10.9. The third-order valence-electron chi connectivity index (χ3n) is 9.69. The maximum atomic E-state index is 12.6. The van der Waals surface area contributed by atoms with E-state index >= 15 is 0 Å². The summed E-state index contributed by atoms with van der Waals surface area (Å²) in [5.74, 6) is 3.38. The molecule has 27 heavy (non-hydrogen) atoms. The lowest BCUT2D eigenvalue weighted by molar-refractivity contribution is -0.134. The average molecular weight is 388 g/mol. The summed E-state index contributed by atoms with van der Waals surface area (Å²) in [7, 11) is 0. The molecule has 1 aliphatic heterocycles. The molecule has 0 radical (unpaired) electrons. The molecular weight excluding hydrogens is 350 g/mol. The van der Waals surface area contributed by atoms with Gasteiger partial charge in [-0.15, -0.1) is 0 Å². The lowest BCUT2D eigenvalue weighted by atomic mass is 9.44. The van der Waals surface area contributed by atoms with Gasteiger partial charge in [0.25, 0.3) is 0 Å². The molecule has 1 unspecified atom stereocenters. The number of rotatable bonds is 2. The Balaban J connectivity index is 1.35. The normalized spacial score (nSPS) is 52.4. The molecule has 4 aliphatic carbocycles. The maximum absolute atomic E-state index is 12.6. The summed E-state index contributed by atoms with van der Waals surface area (Å²) >= 11 is 2.29. The first-order chi connectivity index (χ1) is 12.9. The van der Waals surface area contributed by atoms with E-state index < -0.39 is 0 Å². The van der Waals surface area contributed by atoms with Gasteiger partial charge in [-0.05, 0) is 87.0 Å². The summed E-state index contributed by atoms with van der Waals surface area (Å²) in [6.07, 6.45) is 11.2. The monoisotopic (exact) mass is 387 g/mol. The molecule has 0 aromatic rings. The number of nitrogens with one attached hydrogen (secondary N) is 1. The predicted octanol–water partition coefficient (Wildman–Crippen LogP) is 5.23. The highest BCUT2D eigenvalue weighted by Crippen LogP contribution is 2.67. The van der Waals surface area contributed by atoms with Crippen molar-refractivity contribution in [2.75, 3.05) is 13.1 Å². The van der Waals surface area contributed by atoms with Crippen molar-refractivity contribution in [3.8, 4) is 0 Å². The Hall–Kier alpha value is -0.280. The lowest BCUT2D eigenvalue weighted by Gasteiger charge is -2.61. The number of carbonyl (C=O) groups excluding carboxylic acids is 1. The number of carbonyl (C=O) groups is 1. The molecule has 4 saturated carbocycles. The third-order valence-corrected chi connectivity index (χ3v) is 11.3. The van der Waals surface area contributed by atoms with Crippen molar-refractivity contribution < 1.29 is 4.79 Å². The van der Waals surface area contributed by atoms with Crippen LogP contribution in [0.1, 0.15) is 71.6 Å². The van der Waals surface area contributed by atoms with Crippen molar-refractivity contribution in [1.82, 2.24) is 5.32 Å². The molecule has 0 aromatic heterocycles. The summed E-state index contributed by atoms with van der Waals surface area (Å²) in [6.45, 7) is 12.0. The third kappa shape index (κ3) is 2.81. The minimum absolute atomic E-state index is 0.0319. The van der Waals surface area contributed by atoms with Crippen LogP contribution in [0.5, 0.6) is 0 Å². The first-order valence-corrected chi connectivity index (χ1v) is 12.4. The fourth-order valence-electron chi connectivity index (χ4n) is 8.00. The van der Waals surface area contributed by atoms with Crippen LogP contribution in [0.4, 0.5) is 0 Å². The Kier molecular flexibility index (Phi) is 4.59. The van der Waals surface area contributed by atoms with Crippen molar-refractivity contribution in [3.63, 3.8) is 0 Å². The van der Waals surface area contributed by atoms with Gasteiger partial charge in [-0.3, -0.25) is 4.79 Å². The largest absolute Gasteiger partial charge is 0.316 e. The zero-order valence-corrected chi connectivity index (χ0v) is 18.1. The van der Waals surface area contributed by atoms with Crippen molar-refractivity contribution in [1.29, 1.82) is 0 Å². The van der Waals surface area contributed by atoms with Crippen LogP contribution in [0, 0.1) is 34.5 Å². The van der Waals surface area contributed by atoms with E-state index in [1.54, 1.807) is 0 Å². The van der Waals surface area contributed by atoms with E-state index in [0.717, 1.165) is 41.6 Å². The van der Waals surface area contributed by atoms with E-state index in [1.165, 1.54) is 57.2 Å². The van der Waals surface area contributed by atoms with Crippen LogP contribution in [0.3, 0.4) is 0 Å². The van der Waals surface area contributed by atoms with Crippen LogP contribution in [0.2, 0.25) is 0 Å². The summed E-state index contributed by atoms with van der Waals surface area (Å²) in [5, 5.41) is 5.24. The standard InChI is InChI=1S/C24H37NOS/c1-15-12-16-13-17(27-18-8-11-25-14-18)6-9-23(16,2)20-7-10-24(3)19(22(15)20)4-5-21(24)26/h16-20,22,25H,1,4-14H2,2-3H3/t16?,17-,18-,19+,20+,22-,23+,24+/m1/s1. The van der Waals surface area contributed by atoms with Gasteiger partial charge in [-0.2, -0.15) is 11.8 Å². The van der Waals surface area contributed by atoms with Crippen molar-refractivity contribution in [3.05, 3.63) is 12.2 Å². The fraction of sp³-hybridized carbons (Fsp3) is 0.875. The zero-order valence-electron chi connectivity index (χ0n) is 17.3. The Labute approximate surface area is 169 Å². The zero-order chi connectivity index (χ0) is 18.8. The molecule has 0 bridgehead atoms. The van der Waals surface area contributed by atoms with E-state index in [1.807, 2.05) is 0 Å². The van der Waals surface area contributed by atoms with E-state index in [4.69, 9.17) is 0 Å². The number of thioether (sulfide) groups is 1. The van der Waals surface area contributed by atoms with Crippen LogP contribution in [0.25, 0.3) is 0 Å². The highest BCUT2D eigenvalue weighted by molar-refractivity contribution is 8.00. The maximum Gasteiger partial charge on any atom is 0.139 e. The first kappa shape index (κ1) is 18.7. The molecule has 150 valence electrons. The fourth-order valence-corrected chi connectivity index (χ4v) is 9.61. The van der Waals surface area contributed by atoms with Gasteiger partial charge in [0, 0.05) is 28.9 Å². The van der Waals surface area contributed by atoms with Gasteiger partial charge in [0.05, 0.1) is 0 Å². The topological polar surface area (TPSA) is 29.1 Å². The molecule has 5 rings (SSSR count). The molecule has 1 N–H and O–H groups in total. The average Bonchev–Trinajstić information content (AvgIpc) is 3.25. The molecule has 1 heterocycles. The number of ketones is 1. The van der Waals surface area contributed by atoms with Crippen LogP contribution in [-0.2, 0) is 4.79 Å². The molecule has 0 aromatic carbocycles. The van der Waals surface area contributed by atoms with Gasteiger partial charge < -0.3 is 5.32 Å². The minimum Gasteiger partial charge on any atom is -0.316 e. The van der Waals surface area contributed by atoms with Crippen LogP contribution in [0.15, 0.2) is 12.2 Å². The number of hydrogen-bond donors (Lipinski definition) is 1. The van der Waals surface area contributed by atoms with Gasteiger partial charge in [0.15, 0.2) is 0 Å². The molecule has 2 nitrogen and oxygen atoms in total. The Morgan fingerprint density at radius 3 is 2.70 bits per heavy atom. The minimum atomic E-state index is -0.0319. The number of fused-ring (bicyclic) bond motifs is 5. The summed E-state index contributed by atoms with van der Waals surface area (Å²) in [6, 6.07) is 0. The number of hydrogen-bond acceptors (Lipinski definition) is 3. The van der Waals surface area contributed by atoms with Gasteiger partial charge in [-0.1, -0.05) is 26.0 Å². The van der Waals surface area contributed by atoms with E-state index in [2.05, 4.69) is 37.5 Å². The van der Waals surface area contributed by atoms with E-state index in [0.29, 0.717) is 23.0 Å². The molecular formula is C24H37NOS. The SMILES string of the molecule is C=C1CC2C[C@H](S[C@@H]3CCNC3)CC[C@]2(C)[C@H]2CC[C@]3(C)C(=O)CC[C@H]3[C@@H]12. The molecule has 8 atom stereocenters. The van der Waals surface area contributed by atoms with Crippen molar-refractivity contribution in [2.45, 2.75) is 82.1 Å². The van der Waals surface area contributed by atoms with Crippen LogP contribution < -0.4 is 5.32 Å². The summed E-state index contributed by atoms with van der Waals surface area (Å²) in [5.41, 5.74) is 1.97. The summed E-state index contributed by atoms with van der Waals surface area (Å²) < 4.78 is 0. The Morgan fingerprint density at radius 2 is 1.93 bits per heavy atom. The molecule has 1 saturated heterocycles. The van der Waals surface area contributed by atoms with Gasteiger partial charge >= 0.3 is 0 Å². The lowest BCUT2D eigenvalue weighted by Crippen LogP contribution is -2.54. The molecule has 0 spiro atoms. The van der Waals surface area contributed by atoms with E-state index in [9.17, 15) is 4.79 Å². The van der Waals surface area contributed by atoms with Gasteiger partial charge in [0.2, 0.25) is 0 Å². The molecule has 5 aliphatic rings. The second kappa shape index (κ2) is 6.62. The van der Waals surface area contributed by atoms with Crippen molar-refractivity contribution in [2.24, 2.45) is 34.5 Å². The quantitative estimate of drug-likeness (QED) is 0.658. The smallest absolute Gasteiger partial charge is 0.139 e. The van der Waals surface area contributed by atoms with Crippen LogP contribution in [-0.4, -0.2) is 29.4 Å². The highest BCUT2D eigenvalue weighted by atomic mass is 32.2. The van der Waals surface area contributed by atoms with Gasteiger partial charge in [-0.25, -0.2) is 0 Å². The van der Waals surface area contributed by atoms with Crippen molar-refractivity contribution >= 4 is 17.5 Å². The Bertz CT molecular complexity index is 640. The molecule has 3 heteroatoms. The first-order valence-electron chi connectivity index (χ1n) is 11.5. The second-order valence-corrected chi connectivity index (χ2v) is 12.5. The molecule has 0 amide bonds. The van der Waals surface area contributed by atoms with Crippen LogP contribution >= 0.6 is 11.8 Å². The van der Waals surface area contributed by atoms with Gasteiger partial charge in [0.1, 0.15) is 5.78 Å².